The molecule has 0 aliphatic carbocycles. The number of hydrogen-bond acceptors (Lipinski definition) is 5. The van der Waals surface area contributed by atoms with Gasteiger partial charge >= 0.3 is 0 Å². The summed E-state index contributed by atoms with van der Waals surface area (Å²) in [5, 5.41) is 4.38. The number of aryl methyl sites for hydroxylation is 1. The third-order valence-electron chi connectivity index (χ3n) is 6.43. The maximum atomic E-state index is 13.4. The number of aromatic nitrogens is 2. The smallest absolute Gasteiger partial charge is 0.177 e. The second-order valence-corrected chi connectivity index (χ2v) is 8.34. The molecule has 1 atom stereocenters. The van der Waals surface area contributed by atoms with Crippen LogP contribution in [0.15, 0.2) is 66.9 Å². The fraction of sp³-hybridized carbons (Fsp3) is 0.214. The van der Waals surface area contributed by atoms with E-state index in [0.717, 1.165) is 51.9 Å². The summed E-state index contributed by atoms with van der Waals surface area (Å²) in [6.07, 6.45) is 6.22. The van der Waals surface area contributed by atoms with E-state index in [1.165, 1.54) is 0 Å². The van der Waals surface area contributed by atoms with Crippen molar-refractivity contribution in [2.45, 2.75) is 12.5 Å². The van der Waals surface area contributed by atoms with E-state index in [-0.39, 0.29) is 5.78 Å². The minimum atomic E-state index is -0.437. The predicted molar refractivity (Wildman–Crippen MR) is 134 cm³/mol. The number of carbonyl (C=O) groups is 1. The van der Waals surface area contributed by atoms with Crippen molar-refractivity contribution in [1.29, 1.82) is 0 Å². The molecule has 3 heterocycles. The van der Waals surface area contributed by atoms with Crippen LogP contribution in [0.2, 0.25) is 0 Å². The summed E-state index contributed by atoms with van der Waals surface area (Å²) in [6, 6.07) is 17.6. The average molecular weight is 454 g/mol. The highest BCUT2D eigenvalue weighted by Crippen LogP contribution is 2.36. The molecule has 0 spiro atoms. The first-order valence-corrected chi connectivity index (χ1v) is 11.3. The van der Waals surface area contributed by atoms with Crippen LogP contribution in [0, 0.1) is 0 Å². The molecule has 6 nitrogen and oxygen atoms in total. The highest BCUT2D eigenvalue weighted by molar-refractivity contribution is 6.03. The molecule has 0 amide bonds. The monoisotopic (exact) mass is 453 g/mol. The third kappa shape index (κ3) is 3.76. The van der Waals surface area contributed by atoms with E-state index in [9.17, 15) is 4.79 Å². The molecule has 0 saturated carbocycles. The van der Waals surface area contributed by atoms with Gasteiger partial charge < -0.3 is 19.4 Å². The highest BCUT2D eigenvalue weighted by Gasteiger charge is 2.27. The Labute approximate surface area is 198 Å². The Morgan fingerprint density at radius 1 is 1.09 bits per heavy atom. The lowest BCUT2D eigenvalue weighted by atomic mass is 9.90. The number of carbonyl (C=O) groups excluding carboxylic acids is 1. The fourth-order valence-electron chi connectivity index (χ4n) is 4.80. The van der Waals surface area contributed by atoms with E-state index in [4.69, 9.17) is 9.47 Å². The van der Waals surface area contributed by atoms with Gasteiger partial charge in [-0.2, -0.15) is 0 Å². The molecule has 0 radical (unpaired) electrons. The van der Waals surface area contributed by atoms with Gasteiger partial charge in [-0.05, 0) is 59.5 Å². The molecule has 6 heteroatoms. The number of ketones is 1. The summed E-state index contributed by atoms with van der Waals surface area (Å²) < 4.78 is 13.0. The molecule has 1 N–H and O–H groups in total. The lowest BCUT2D eigenvalue weighted by Gasteiger charge is -2.26. The standard InChI is InChI=1S/C28H27N3O3/c1-31-27(18-8-5-4-6-9-18)20(21-10-7-14-30-28(21)31)11-12-23(32)26-22-17-25(34-3)24(33-2)16-19(22)13-15-29-26/h4-12,14,16-17,26,29H,13,15H2,1-3H3. The van der Waals surface area contributed by atoms with Crippen LogP contribution >= 0.6 is 0 Å². The van der Waals surface area contributed by atoms with Gasteiger partial charge in [-0.1, -0.05) is 30.3 Å². The molecule has 1 aliphatic heterocycles. The molecule has 0 fully saturated rings. The zero-order valence-corrected chi connectivity index (χ0v) is 19.5. The minimum absolute atomic E-state index is 0.00641. The van der Waals surface area contributed by atoms with Crippen LogP contribution in [0.25, 0.3) is 28.4 Å². The molecule has 5 rings (SSSR count). The Balaban J connectivity index is 1.55. The average Bonchev–Trinajstić information content (AvgIpc) is 3.17. The van der Waals surface area contributed by atoms with Crippen LogP contribution in [0.1, 0.15) is 22.7 Å². The quantitative estimate of drug-likeness (QED) is 0.428. The topological polar surface area (TPSA) is 65.4 Å². The van der Waals surface area contributed by atoms with E-state index < -0.39 is 6.04 Å². The summed E-state index contributed by atoms with van der Waals surface area (Å²) in [5.74, 6) is 1.30. The molecule has 0 bridgehead atoms. The Bertz CT molecular complexity index is 1390. The van der Waals surface area contributed by atoms with Crippen molar-refractivity contribution in [3.05, 3.63) is 83.6 Å². The van der Waals surface area contributed by atoms with Crippen LogP contribution in [0.5, 0.6) is 11.5 Å². The number of nitrogens with one attached hydrogen (secondary N) is 1. The van der Waals surface area contributed by atoms with Gasteiger partial charge in [0, 0.05) is 30.7 Å². The SMILES string of the molecule is COc1cc2c(cc1OC)C(C(=O)C=Cc1c(-c3ccccc3)n(C)c3ncccc13)NCC2. The lowest BCUT2D eigenvalue weighted by Crippen LogP contribution is -2.34. The van der Waals surface area contributed by atoms with E-state index in [1.807, 2.05) is 55.6 Å². The molecular weight excluding hydrogens is 426 g/mol. The predicted octanol–water partition coefficient (Wildman–Crippen LogP) is 4.73. The first kappa shape index (κ1) is 21.9. The maximum Gasteiger partial charge on any atom is 0.177 e. The number of benzene rings is 2. The van der Waals surface area contributed by atoms with Crippen molar-refractivity contribution < 1.29 is 14.3 Å². The van der Waals surface area contributed by atoms with E-state index >= 15 is 0 Å². The van der Waals surface area contributed by atoms with Gasteiger partial charge in [0.25, 0.3) is 0 Å². The molecular formula is C28H27N3O3. The summed E-state index contributed by atoms with van der Waals surface area (Å²) in [7, 11) is 5.24. The van der Waals surface area contributed by atoms with Crippen LogP contribution in [0.4, 0.5) is 0 Å². The first-order chi connectivity index (χ1) is 16.6. The van der Waals surface area contributed by atoms with Gasteiger partial charge in [0.05, 0.1) is 26.0 Å². The number of rotatable bonds is 6. The fourth-order valence-corrected chi connectivity index (χ4v) is 4.80. The number of nitrogens with zero attached hydrogens (tertiary/aromatic N) is 2. The van der Waals surface area contributed by atoms with Gasteiger partial charge in [-0.3, -0.25) is 4.79 Å². The summed E-state index contributed by atoms with van der Waals surface area (Å²) in [5.41, 5.74) is 6.00. The molecule has 0 saturated heterocycles. The van der Waals surface area contributed by atoms with Crippen LogP contribution in [0.3, 0.4) is 0 Å². The molecule has 2 aromatic heterocycles. The molecule has 4 aromatic rings. The third-order valence-corrected chi connectivity index (χ3v) is 6.43. The van der Waals surface area contributed by atoms with E-state index in [0.29, 0.717) is 11.5 Å². The number of pyridine rings is 1. The van der Waals surface area contributed by atoms with Crippen LogP contribution < -0.4 is 14.8 Å². The first-order valence-electron chi connectivity index (χ1n) is 11.3. The number of hydrogen-bond donors (Lipinski definition) is 1. The van der Waals surface area contributed by atoms with Crippen molar-refractivity contribution in [3.63, 3.8) is 0 Å². The Kier molecular flexibility index (Phi) is 5.90. The van der Waals surface area contributed by atoms with E-state index in [2.05, 4.69) is 27.0 Å². The molecule has 2 aromatic carbocycles. The Morgan fingerprint density at radius 3 is 2.62 bits per heavy atom. The second-order valence-electron chi connectivity index (χ2n) is 8.34. The van der Waals surface area contributed by atoms with Gasteiger partial charge in [0.1, 0.15) is 5.65 Å². The molecule has 172 valence electrons. The Hall–Kier alpha value is -3.90. The number of methoxy groups -OCH3 is 2. The number of ether oxygens (including phenoxy) is 2. The van der Waals surface area contributed by atoms with E-state index in [1.54, 1.807) is 26.5 Å². The summed E-state index contributed by atoms with van der Waals surface area (Å²) in [4.78, 5) is 18.0. The van der Waals surface area contributed by atoms with Gasteiger partial charge in [0.15, 0.2) is 17.3 Å². The van der Waals surface area contributed by atoms with Crippen molar-refractivity contribution in [2.24, 2.45) is 7.05 Å². The molecule has 1 unspecified atom stereocenters. The zero-order valence-electron chi connectivity index (χ0n) is 19.5. The molecule has 1 aliphatic rings. The van der Waals surface area contributed by atoms with Gasteiger partial charge in [-0.15, -0.1) is 0 Å². The van der Waals surface area contributed by atoms with Crippen molar-refractivity contribution in [2.75, 3.05) is 20.8 Å². The largest absolute Gasteiger partial charge is 0.493 e. The second kappa shape index (κ2) is 9.15. The maximum absolute atomic E-state index is 13.4. The highest BCUT2D eigenvalue weighted by atomic mass is 16.5. The van der Waals surface area contributed by atoms with Crippen LogP contribution in [-0.2, 0) is 18.3 Å². The normalized spacial score (nSPS) is 15.4. The summed E-state index contributed by atoms with van der Waals surface area (Å²) in [6.45, 7) is 0.722. The minimum Gasteiger partial charge on any atom is -0.493 e. The zero-order chi connectivity index (χ0) is 23.7. The van der Waals surface area contributed by atoms with Crippen molar-refractivity contribution in [1.82, 2.24) is 14.9 Å². The van der Waals surface area contributed by atoms with Gasteiger partial charge in [-0.25, -0.2) is 4.98 Å². The Morgan fingerprint density at radius 2 is 1.85 bits per heavy atom. The van der Waals surface area contributed by atoms with Crippen LogP contribution in [-0.4, -0.2) is 36.1 Å². The molecule has 34 heavy (non-hydrogen) atoms. The van der Waals surface area contributed by atoms with Crippen molar-refractivity contribution >= 4 is 22.9 Å². The number of fused-ring (bicyclic) bond motifs is 2. The van der Waals surface area contributed by atoms with Gasteiger partial charge in [0.2, 0.25) is 0 Å². The summed E-state index contributed by atoms with van der Waals surface area (Å²) >= 11 is 0. The lowest BCUT2D eigenvalue weighted by molar-refractivity contribution is -0.116. The van der Waals surface area contributed by atoms with Crippen molar-refractivity contribution in [3.8, 4) is 22.8 Å².